The van der Waals surface area contributed by atoms with Crippen molar-refractivity contribution >= 4 is 17.5 Å². The third-order valence-corrected chi connectivity index (χ3v) is 4.12. The highest BCUT2D eigenvalue weighted by Gasteiger charge is 2.25. The van der Waals surface area contributed by atoms with Crippen molar-refractivity contribution in [2.45, 2.75) is 19.4 Å². The molecule has 0 spiro atoms. The molecule has 0 bridgehead atoms. The number of nitrogens with zero attached hydrogens (tertiary/aromatic N) is 1. The van der Waals surface area contributed by atoms with Crippen molar-refractivity contribution < 1.29 is 18.7 Å². The van der Waals surface area contributed by atoms with Crippen molar-refractivity contribution in [1.29, 1.82) is 0 Å². The van der Waals surface area contributed by atoms with Gasteiger partial charge >= 0.3 is 0 Å². The number of hydrogen-bond donors (Lipinski definition) is 1. The first-order valence-corrected chi connectivity index (χ1v) is 8.11. The summed E-state index contributed by atoms with van der Waals surface area (Å²) >= 11 is 0. The molecule has 3 rings (SSSR count). The summed E-state index contributed by atoms with van der Waals surface area (Å²) in [6.45, 7) is 2.09. The van der Waals surface area contributed by atoms with Gasteiger partial charge in [-0.25, -0.2) is 4.39 Å². The van der Waals surface area contributed by atoms with Crippen LogP contribution in [0.25, 0.3) is 0 Å². The zero-order valence-corrected chi connectivity index (χ0v) is 13.9. The van der Waals surface area contributed by atoms with Gasteiger partial charge in [0, 0.05) is 13.0 Å². The highest BCUT2D eigenvalue weighted by molar-refractivity contribution is 5.98. The normalized spacial score (nSPS) is 14.5. The molecular formula is C19H19FN2O3. The van der Waals surface area contributed by atoms with Gasteiger partial charge in [0.15, 0.2) is 6.61 Å². The van der Waals surface area contributed by atoms with Gasteiger partial charge in [0.2, 0.25) is 5.91 Å². The van der Waals surface area contributed by atoms with Gasteiger partial charge in [-0.3, -0.25) is 9.59 Å². The largest absolute Gasteiger partial charge is 0.482 e. The minimum absolute atomic E-state index is 0.0232. The highest BCUT2D eigenvalue weighted by Crippen LogP contribution is 2.31. The first-order valence-electron chi connectivity index (χ1n) is 8.11. The predicted octanol–water partition coefficient (Wildman–Crippen LogP) is 2.82. The van der Waals surface area contributed by atoms with E-state index in [-0.39, 0.29) is 43.2 Å². The molecule has 0 aromatic heterocycles. The van der Waals surface area contributed by atoms with Gasteiger partial charge in [0.1, 0.15) is 11.6 Å². The Labute approximate surface area is 145 Å². The third kappa shape index (κ3) is 3.96. The number of ether oxygens (including phenoxy) is 1. The number of para-hydroxylation sites is 2. The van der Waals surface area contributed by atoms with Crippen LogP contribution in [0.1, 0.15) is 24.9 Å². The summed E-state index contributed by atoms with van der Waals surface area (Å²) in [6.07, 6.45) is 0.172. The Balaban J connectivity index is 1.59. The quantitative estimate of drug-likeness (QED) is 0.909. The van der Waals surface area contributed by atoms with Gasteiger partial charge in [0.05, 0.1) is 11.7 Å². The van der Waals surface area contributed by atoms with Gasteiger partial charge in [-0.1, -0.05) is 24.3 Å². The summed E-state index contributed by atoms with van der Waals surface area (Å²) in [6, 6.07) is 13.0. The molecule has 6 heteroatoms. The number of carbonyl (C=O) groups excluding carboxylic acids is 2. The summed E-state index contributed by atoms with van der Waals surface area (Å²) in [7, 11) is 0. The van der Waals surface area contributed by atoms with E-state index in [4.69, 9.17) is 4.74 Å². The number of rotatable bonds is 5. The molecule has 5 nitrogen and oxygen atoms in total. The lowest BCUT2D eigenvalue weighted by Crippen LogP contribution is -2.41. The SMILES string of the molecule is CC(NC(=O)CCN1C(=O)COc2ccccc21)c1ccc(F)cc1. The van der Waals surface area contributed by atoms with E-state index in [9.17, 15) is 14.0 Å². The monoisotopic (exact) mass is 342 g/mol. The topological polar surface area (TPSA) is 58.6 Å². The van der Waals surface area contributed by atoms with Crippen LogP contribution >= 0.6 is 0 Å². The minimum Gasteiger partial charge on any atom is -0.482 e. The summed E-state index contributed by atoms with van der Waals surface area (Å²) in [5.41, 5.74) is 1.50. The highest BCUT2D eigenvalue weighted by atomic mass is 19.1. The average Bonchev–Trinajstić information content (AvgIpc) is 2.61. The molecule has 1 aliphatic rings. The van der Waals surface area contributed by atoms with E-state index in [0.29, 0.717) is 11.4 Å². The molecule has 25 heavy (non-hydrogen) atoms. The number of halogens is 1. The molecule has 0 saturated carbocycles. The molecule has 0 fully saturated rings. The second-order valence-electron chi connectivity index (χ2n) is 5.89. The van der Waals surface area contributed by atoms with E-state index in [1.54, 1.807) is 29.2 Å². The van der Waals surface area contributed by atoms with Crippen LogP contribution in [0.5, 0.6) is 5.75 Å². The van der Waals surface area contributed by atoms with E-state index < -0.39 is 0 Å². The van der Waals surface area contributed by atoms with Gasteiger partial charge < -0.3 is 15.0 Å². The number of nitrogens with one attached hydrogen (secondary N) is 1. The molecule has 0 radical (unpaired) electrons. The molecule has 130 valence electrons. The number of anilines is 1. The molecular weight excluding hydrogens is 323 g/mol. The summed E-state index contributed by atoms with van der Waals surface area (Å²) in [5.74, 6) is -0.0133. The van der Waals surface area contributed by atoms with Gasteiger partial charge in [-0.2, -0.15) is 0 Å². The first-order chi connectivity index (χ1) is 12.0. The minimum atomic E-state index is -0.313. The Morgan fingerprint density at radius 2 is 1.96 bits per heavy atom. The maximum absolute atomic E-state index is 13.0. The number of benzene rings is 2. The molecule has 1 heterocycles. The number of fused-ring (bicyclic) bond motifs is 1. The third-order valence-electron chi connectivity index (χ3n) is 4.12. The molecule has 2 aromatic carbocycles. The number of carbonyl (C=O) groups is 2. The lowest BCUT2D eigenvalue weighted by atomic mass is 10.1. The van der Waals surface area contributed by atoms with Gasteiger partial charge in [-0.05, 0) is 36.8 Å². The van der Waals surface area contributed by atoms with Crippen LogP contribution in [0.3, 0.4) is 0 Å². The summed E-state index contributed by atoms with van der Waals surface area (Å²) < 4.78 is 18.3. The van der Waals surface area contributed by atoms with Crippen LogP contribution in [0.15, 0.2) is 48.5 Å². The molecule has 1 N–H and O–H groups in total. The lowest BCUT2D eigenvalue weighted by molar-refractivity contribution is -0.122. The van der Waals surface area contributed by atoms with E-state index in [2.05, 4.69) is 5.32 Å². The van der Waals surface area contributed by atoms with Crippen LogP contribution in [0.4, 0.5) is 10.1 Å². The molecule has 2 aromatic rings. The van der Waals surface area contributed by atoms with Crippen molar-refractivity contribution in [1.82, 2.24) is 5.32 Å². The molecule has 1 atom stereocenters. The standard InChI is InChI=1S/C19H19FN2O3/c1-13(14-6-8-15(20)9-7-14)21-18(23)10-11-22-16-4-2-3-5-17(16)25-12-19(22)24/h2-9,13H,10-12H2,1H3,(H,21,23). The van der Waals surface area contributed by atoms with Gasteiger partial charge in [-0.15, -0.1) is 0 Å². The van der Waals surface area contributed by atoms with Crippen molar-refractivity contribution in [3.8, 4) is 5.75 Å². The molecule has 1 aliphatic heterocycles. The zero-order valence-electron chi connectivity index (χ0n) is 13.9. The average molecular weight is 342 g/mol. The van der Waals surface area contributed by atoms with E-state index in [1.165, 1.54) is 12.1 Å². The van der Waals surface area contributed by atoms with E-state index in [1.807, 2.05) is 19.1 Å². The Morgan fingerprint density at radius 3 is 2.72 bits per heavy atom. The maximum atomic E-state index is 13.0. The Hall–Kier alpha value is -2.89. The molecule has 0 saturated heterocycles. The summed E-state index contributed by atoms with van der Waals surface area (Å²) in [5, 5.41) is 2.86. The Kier molecular flexibility index (Phi) is 4.97. The van der Waals surface area contributed by atoms with E-state index >= 15 is 0 Å². The predicted molar refractivity (Wildman–Crippen MR) is 91.9 cm³/mol. The second-order valence-corrected chi connectivity index (χ2v) is 5.89. The smallest absolute Gasteiger partial charge is 0.265 e. The summed E-state index contributed by atoms with van der Waals surface area (Å²) in [4.78, 5) is 25.8. The number of hydrogen-bond acceptors (Lipinski definition) is 3. The van der Waals surface area contributed by atoms with E-state index in [0.717, 1.165) is 5.56 Å². The van der Waals surface area contributed by atoms with Crippen LogP contribution in [0.2, 0.25) is 0 Å². The Morgan fingerprint density at radius 1 is 1.24 bits per heavy atom. The fraction of sp³-hybridized carbons (Fsp3) is 0.263. The van der Waals surface area contributed by atoms with Crippen LogP contribution in [-0.2, 0) is 9.59 Å². The van der Waals surface area contributed by atoms with Crippen molar-refractivity contribution in [2.75, 3.05) is 18.1 Å². The van der Waals surface area contributed by atoms with Crippen molar-refractivity contribution in [3.63, 3.8) is 0 Å². The zero-order chi connectivity index (χ0) is 17.8. The number of amides is 2. The van der Waals surface area contributed by atoms with Crippen molar-refractivity contribution in [2.24, 2.45) is 0 Å². The fourth-order valence-corrected chi connectivity index (χ4v) is 2.76. The van der Waals surface area contributed by atoms with Crippen LogP contribution in [0, 0.1) is 5.82 Å². The Bertz CT molecular complexity index is 776. The molecule has 0 aliphatic carbocycles. The molecule has 2 amide bonds. The first kappa shape index (κ1) is 17.0. The van der Waals surface area contributed by atoms with Crippen LogP contribution in [-0.4, -0.2) is 25.0 Å². The van der Waals surface area contributed by atoms with Crippen molar-refractivity contribution in [3.05, 3.63) is 59.9 Å². The lowest BCUT2D eigenvalue weighted by Gasteiger charge is -2.29. The maximum Gasteiger partial charge on any atom is 0.265 e. The second kappa shape index (κ2) is 7.34. The fourth-order valence-electron chi connectivity index (χ4n) is 2.76. The van der Waals surface area contributed by atoms with Gasteiger partial charge in [0.25, 0.3) is 5.91 Å². The van der Waals surface area contributed by atoms with Crippen LogP contribution < -0.4 is 15.0 Å². The molecule has 1 unspecified atom stereocenters.